The number of hydrogen-bond acceptors (Lipinski definition) is 5. The molecule has 1 amide bonds. The molecule has 1 N–H and O–H groups in total. The minimum atomic E-state index is -3.59. The molecule has 0 bridgehead atoms. The van der Waals surface area contributed by atoms with E-state index in [4.69, 9.17) is 21.1 Å². The molecule has 0 aliphatic carbocycles. The number of halogens is 1. The number of fused-ring (bicyclic) bond motifs is 1. The molecule has 7 nitrogen and oxygen atoms in total. The first-order valence-electron chi connectivity index (χ1n) is 8.24. The molecule has 0 radical (unpaired) electrons. The van der Waals surface area contributed by atoms with E-state index in [2.05, 4.69) is 5.32 Å². The Kier molecular flexibility index (Phi) is 5.76. The van der Waals surface area contributed by atoms with Crippen molar-refractivity contribution in [2.75, 3.05) is 30.3 Å². The van der Waals surface area contributed by atoms with Crippen LogP contribution < -0.4 is 19.1 Å². The second-order valence-corrected chi connectivity index (χ2v) is 8.31. The maximum absolute atomic E-state index is 12.4. The van der Waals surface area contributed by atoms with Gasteiger partial charge in [-0.25, -0.2) is 8.42 Å². The zero-order valence-electron chi connectivity index (χ0n) is 14.6. The van der Waals surface area contributed by atoms with E-state index in [1.807, 2.05) is 30.3 Å². The molecule has 9 heteroatoms. The van der Waals surface area contributed by atoms with Crippen molar-refractivity contribution >= 4 is 33.2 Å². The predicted octanol–water partition coefficient (Wildman–Crippen LogP) is 2.06. The van der Waals surface area contributed by atoms with Gasteiger partial charge in [0.15, 0.2) is 6.10 Å². The van der Waals surface area contributed by atoms with Gasteiger partial charge in [0.2, 0.25) is 10.0 Å². The highest BCUT2D eigenvalue weighted by Gasteiger charge is 2.35. The van der Waals surface area contributed by atoms with E-state index in [0.717, 1.165) is 10.6 Å². The molecule has 1 aliphatic heterocycles. The fraction of sp³-hybridized carbons (Fsp3) is 0.278. The number of ether oxygens (including phenoxy) is 2. The van der Waals surface area contributed by atoms with Crippen LogP contribution in [0.1, 0.15) is 0 Å². The minimum Gasteiger partial charge on any atom is -0.492 e. The lowest BCUT2D eigenvalue weighted by Gasteiger charge is -2.34. The molecule has 1 heterocycles. The molecule has 27 heavy (non-hydrogen) atoms. The first kappa shape index (κ1) is 19.3. The van der Waals surface area contributed by atoms with Crippen LogP contribution in [0, 0.1) is 0 Å². The monoisotopic (exact) mass is 410 g/mol. The predicted molar refractivity (Wildman–Crippen MR) is 103 cm³/mol. The van der Waals surface area contributed by atoms with Crippen molar-refractivity contribution in [3.63, 3.8) is 0 Å². The quantitative estimate of drug-likeness (QED) is 0.737. The molecular formula is C18H19ClN2O5S. The van der Waals surface area contributed by atoms with Gasteiger partial charge in [0.1, 0.15) is 18.1 Å². The first-order chi connectivity index (χ1) is 12.8. The highest BCUT2D eigenvalue weighted by Crippen LogP contribution is 2.37. The van der Waals surface area contributed by atoms with Crippen LogP contribution >= 0.6 is 11.6 Å². The van der Waals surface area contributed by atoms with E-state index < -0.39 is 22.0 Å². The molecule has 0 saturated carbocycles. The van der Waals surface area contributed by atoms with E-state index in [-0.39, 0.29) is 25.4 Å². The summed E-state index contributed by atoms with van der Waals surface area (Å²) in [5.74, 6) is 0.576. The third-order valence-electron chi connectivity index (χ3n) is 3.90. The summed E-state index contributed by atoms with van der Waals surface area (Å²) >= 11 is 5.96. The number of anilines is 1. The van der Waals surface area contributed by atoms with Crippen molar-refractivity contribution in [2.24, 2.45) is 0 Å². The highest BCUT2D eigenvalue weighted by atomic mass is 35.5. The van der Waals surface area contributed by atoms with Gasteiger partial charge in [0.25, 0.3) is 5.91 Å². The van der Waals surface area contributed by atoms with Crippen LogP contribution in [0.25, 0.3) is 0 Å². The fourth-order valence-electron chi connectivity index (χ4n) is 2.65. The van der Waals surface area contributed by atoms with Crippen molar-refractivity contribution < 1.29 is 22.7 Å². The molecule has 1 aliphatic rings. The van der Waals surface area contributed by atoms with Gasteiger partial charge in [0.05, 0.1) is 25.0 Å². The van der Waals surface area contributed by atoms with E-state index in [1.54, 1.807) is 12.1 Å². The van der Waals surface area contributed by atoms with Gasteiger partial charge in [-0.3, -0.25) is 9.10 Å². The number of para-hydroxylation sites is 1. The SMILES string of the molecule is CS(=O)(=O)N1C[C@H](C(=O)NCCOc2ccccc2)Oc2ccc(Cl)cc21. The Labute approximate surface area is 162 Å². The highest BCUT2D eigenvalue weighted by molar-refractivity contribution is 7.92. The summed E-state index contributed by atoms with van der Waals surface area (Å²) in [4.78, 5) is 12.4. The Hall–Kier alpha value is -2.45. The maximum Gasteiger partial charge on any atom is 0.263 e. The van der Waals surface area contributed by atoms with Gasteiger partial charge in [-0.15, -0.1) is 0 Å². The third kappa shape index (κ3) is 4.84. The Bertz CT molecular complexity index is 921. The average molecular weight is 411 g/mol. The van der Waals surface area contributed by atoms with Gasteiger partial charge >= 0.3 is 0 Å². The Morgan fingerprint density at radius 3 is 2.74 bits per heavy atom. The van der Waals surface area contributed by atoms with Crippen molar-refractivity contribution in [1.29, 1.82) is 0 Å². The summed E-state index contributed by atoms with van der Waals surface area (Å²) < 4.78 is 36.6. The summed E-state index contributed by atoms with van der Waals surface area (Å²) in [5, 5.41) is 3.08. The molecule has 1 atom stereocenters. The molecular weight excluding hydrogens is 392 g/mol. The number of carbonyl (C=O) groups excluding carboxylic acids is 1. The summed E-state index contributed by atoms with van der Waals surface area (Å²) in [7, 11) is -3.59. The summed E-state index contributed by atoms with van der Waals surface area (Å²) in [6, 6.07) is 13.9. The minimum absolute atomic E-state index is 0.127. The van der Waals surface area contributed by atoms with E-state index in [9.17, 15) is 13.2 Å². The van der Waals surface area contributed by atoms with Gasteiger partial charge < -0.3 is 14.8 Å². The summed E-state index contributed by atoms with van der Waals surface area (Å²) in [6.45, 7) is 0.419. The van der Waals surface area contributed by atoms with Crippen molar-refractivity contribution in [3.05, 3.63) is 53.6 Å². The largest absolute Gasteiger partial charge is 0.492 e. The molecule has 2 aromatic rings. The fourth-order valence-corrected chi connectivity index (χ4v) is 3.72. The molecule has 2 aromatic carbocycles. The molecule has 3 rings (SSSR count). The van der Waals surface area contributed by atoms with E-state index in [1.165, 1.54) is 6.07 Å². The number of rotatable bonds is 6. The van der Waals surface area contributed by atoms with Crippen LogP contribution in [-0.2, 0) is 14.8 Å². The Morgan fingerprint density at radius 2 is 2.04 bits per heavy atom. The lowest BCUT2D eigenvalue weighted by molar-refractivity contribution is -0.127. The number of nitrogens with one attached hydrogen (secondary N) is 1. The van der Waals surface area contributed by atoms with Gasteiger partial charge in [0, 0.05) is 5.02 Å². The zero-order chi connectivity index (χ0) is 19.4. The molecule has 144 valence electrons. The van der Waals surface area contributed by atoms with Crippen LogP contribution in [0.4, 0.5) is 5.69 Å². The van der Waals surface area contributed by atoms with Crippen LogP contribution in [-0.4, -0.2) is 46.4 Å². The van der Waals surface area contributed by atoms with E-state index >= 15 is 0 Å². The number of sulfonamides is 1. The van der Waals surface area contributed by atoms with Gasteiger partial charge in [-0.05, 0) is 30.3 Å². The van der Waals surface area contributed by atoms with Crippen LogP contribution in [0.5, 0.6) is 11.5 Å². The Balaban J connectivity index is 1.63. The number of hydrogen-bond donors (Lipinski definition) is 1. The van der Waals surface area contributed by atoms with Crippen molar-refractivity contribution in [2.45, 2.75) is 6.10 Å². The standard InChI is InChI=1S/C18H19ClN2O5S/c1-27(23,24)21-12-17(26-16-8-7-13(19)11-15(16)21)18(22)20-9-10-25-14-5-3-2-4-6-14/h2-8,11,17H,9-10,12H2,1H3,(H,20,22)/t17-/m1/s1. The van der Waals surface area contributed by atoms with Crippen molar-refractivity contribution in [1.82, 2.24) is 5.32 Å². The summed E-state index contributed by atoms with van der Waals surface area (Å²) in [6.07, 6.45) is 0.108. The third-order valence-corrected chi connectivity index (χ3v) is 5.28. The van der Waals surface area contributed by atoms with Crippen LogP contribution in [0.2, 0.25) is 5.02 Å². The second kappa shape index (κ2) is 8.06. The summed E-state index contributed by atoms with van der Waals surface area (Å²) in [5.41, 5.74) is 0.321. The molecule has 0 saturated heterocycles. The average Bonchev–Trinajstić information content (AvgIpc) is 2.64. The zero-order valence-corrected chi connectivity index (χ0v) is 16.2. The second-order valence-electron chi connectivity index (χ2n) is 5.97. The lowest BCUT2D eigenvalue weighted by atomic mass is 10.2. The first-order valence-corrected chi connectivity index (χ1v) is 10.5. The van der Waals surface area contributed by atoms with Gasteiger partial charge in [-0.1, -0.05) is 29.8 Å². The lowest BCUT2D eigenvalue weighted by Crippen LogP contribution is -2.51. The normalized spacial score (nSPS) is 16.2. The molecule has 0 fully saturated rings. The van der Waals surface area contributed by atoms with E-state index in [0.29, 0.717) is 16.5 Å². The van der Waals surface area contributed by atoms with Crippen LogP contribution in [0.3, 0.4) is 0 Å². The number of nitrogens with zero attached hydrogens (tertiary/aromatic N) is 1. The maximum atomic E-state index is 12.4. The van der Waals surface area contributed by atoms with Crippen molar-refractivity contribution in [3.8, 4) is 11.5 Å². The molecule has 0 unspecified atom stereocenters. The Morgan fingerprint density at radius 1 is 1.30 bits per heavy atom. The molecule has 0 aromatic heterocycles. The number of carbonyl (C=O) groups is 1. The van der Waals surface area contributed by atoms with Gasteiger partial charge in [-0.2, -0.15) is 0 Å². The number of benzene rings is 2. The smallest absolute Gasteiger partial charge is 0.263 e. The van der Waals surface area contributed by atoms with Crippen LogP contribution in [0.15, 0.2) is 48.5 Å². The topological polar surface area (TPSA) is 84.9 Å². The molecule has 0 spiro atoms. The number of amides is 1.